The van der Waals surface area contributed by atoms with Crippen LogP contribution in [0.1, 0.15) is 17.5 Å². The molecule has 13 heterocycles. The Bertz CT molecular complexity index is 8230. The van der Waals surface area contributed by atoms with Crippen molar-refractivity contribution in [1.82, 2.24) is 70.0 Å². The number of nitrogens with two attached hydrogens (primary N) is 2. The molecule has 1 aliphatic heterocycles. The SMILES string of the molecule is CN(C)CCCOc1ccc(-c2cncc(-c3cc(-c4cc(Cl)ccc4F)nc4ncccc34)c2)cc1.Fc1ccc(Cl)cc1-c1cc(-c2cncc(-c3ccc4c(c3)CNCC4)c2)c2cccnc2n1.NC(=O)COc1ccc(-c2cncc(-c3cc(-c4cc(Cl)ccc4F)nc4ncccc34)c2)cc1.NS(=O)(=O)c1cccc(-c2cncc(-c3cc(-c4cc(Cl)ccc4F)nc4ncccc34)c2)c1. The topological polar surface area (TPSA) is 292 Å². The number of hydrogen-bond donors (Lipinski definition) is 3. The van der Waals surface area contributed by atoms with Crippen LogP contribution in [0.15, 0.2) is 340 Å². The van der Waals surface area contributed by atoms with Crippen LogP contribution < -0.4 is 25.7 Å². The molecule has 0 radical (unpaired) electrons. The van der Waals surface area contributed by atoms with Gasteiger partial charge in [-0.3, -0.25) is 24.7 Å². The number of amides is 1. The zero-order valence-electron chi connectivity index (χ0n) is 74.6. The van der Waals surface area contributed by atoms with Crippen molar-refractivity contribution in [2.75, 3.05) is 40.4 Å². The number of rotatable bonds is 21. The lowest BCUT2D eigenvalue weighted by Gasteiger charge is -2.18. The van der Waals surface area contributed by atoms with Crippen LogP contribution in [0, 0.1) is 23.3 Å². The molecule has 5 N–H and O–H groups in total. The van der Waals surface area contributed by atoms with Crippen LogP contribution in [0.2, 0.25) is 20.1 Å². The van der Waals surface area contributed by atoms with Gasteiger partial charge in [-0.1, -0.05) is 94.9 Å². The molecular formula is C110H80Cl4F4N16O5S. The second-order valence-electron chi connectivity index (χ2n) is 32.9. The number of nitrogens with zero attached hydrogens (tertiary/aromatic N) is 13. The van der Waals surface area contributed by atoms with Crippen LogP contribution in [-0.4, -0.2) is 119 Å². The zero-order chi connectivity index (χ0) is 97.1. The Morgan fingerprint density at radius 1 is 0.371 bits per heavy atom. The fraction of sp³-hybridized carbons (Fsp3) is 0.0818. The van der Waals surface area contributed by atoms with Crippen molar-refractivity contribution >= 4 is 106 Å². The molecule has 0 fully saturated rings. The molecule has 0 saturated carbocycles. The van der Waals surface area contributed by atoms with Gasteiger partial charge >= 0.3 is 0 Å². The van der Waals surface area contributed by atoms with Crippen LogP contribution in [0.25, 0.3) is 178 Å². The number of sulfonamides is 1. The number of ether oxygens (including phenoxy) is 2. The maximum absolute atomic E-state index is 14.7. The predicted molar refractivity (Wildman–Crippen MR) is 545 cm³/mol. The highest BCUT2D eigenvalue weighted by Crippen LogP contribution is 2.42. The molecule has 140 heavy (non-hydrogen) atoms. The molecule has 0 bridgehead atoms. The number of hydrogen-bond acceptors (Lipinski definition) is 19. The number of pyridine rings is 12. The van der Waals surface area contributed by atoms with Gasteiger partial charge in [0.25, 0.3) is 5.91 Å². The van der Waals surface area contributed by atoms with Gasteiger partial charge in [-0.2, -0.15) is 0 Å². The fourth-order valence-corrected chi connectivity index (χ4v) is 17.5. The van der Waals surface area contributed by atoms with E-state index in [4.69, 9.17) is 66.8 Å². The van der Waals surface area contributed by atoms with E-state index < -0.39 is 33.4 Å². The normalized spacial score (nSPS) is 11.7. The van der Waals surface area contributed by atoms with Gasteiger partial charge in [-0.25, -0.2) is 71.0 Å². The van der Waals surface area contributed by atoms with E-state index in [2.05, 4.69) is 114 Å². The van der Waals surface area contributed by atoms with Gasteiger partial charge in [-0.15, -0.1) is 0 Å². The van der Waals surface area contributed by atoms with E-state index in [1.807, 2.05) is 128 Å². The average Bonchev–Trinajstić information content (AvgIpc) is 0.780. The number of fused-ring (bicyclic) bond motifs is 5. The Labute approximate surface area is 821 Å². The van der Waals surface area contributed by atoms with Gasteiger partial charge in [0.1, 0.15) is 34.8 Å². The molecule has 21 rings (SSSR count). The summed E-state index contributed by atoms with van der Waals surface area (Å²) in [6.45, 7) is 3.37. The van der Waals surface area contributed by atoms with Gasteiger partial charge in [-0.05, 0) is 301 Å². The van der Waals surface area contributed by atoms with E-state index in [1.54, 1.807) is 110 Å². The first-order valence-electron chi connectivity index (χ1n) is 43.9. The summed E-state index contributed by atoms with van der Waals surface area (Å²) < 4.78 is 93.4. The van der Waals surface area contributed by atoms with Crippen molar-refractivity contribution < 1.29 is 40.2 Å². The number of aromatic nitrogens is 12. The maximum Gasteiger partial charge on any atom is 0.255 e. The van der Waals surface area contributed by atoms with E-state index >= 15 is 0 Å². The molecule has 30 heteroatoms. The minimum absolute atomic E-state index is 0.00711. The number of carbonyl (C=O) groups is 1. The molecule has 0 aliphatic carbocycles. The van der Waals surface area contributed by atoms with Crippen LogP contribution in [0.4, 0.5) is 17.6 Å². The van der Waals surface area contributed by atoms with Crippen LogP contribution in [-0.2, 0) is 27.8 Å². The Kier molecular flexibility index (Phi) is 28.8. The monoisotopic (exact) mass is 1950 g/mol. The summed E-state index contributed by atoms with van der Waals surface area (Å²) in [6.07, 6.45) is 22.8. The lowest BCUT2D eigenvalue weighted by Crippen LogP contribution is -2.23. The van der Waals surface area contributed by atoms with E-state index in [9.17, 15) is 30.8 Å². The fourth-order valence-electron chi connectivity index (χ4n) is 16.2. The van der Waals surface area contributed by atoms with E-state index in [1.165, 1.54) is 77.9 Å². The number of nitrogens with one attached hydrogen (secondary N) is 1. The number of halogens is 8. The molecule has 8 aromatic carbocycles. The van der Waals surface area contributed by atoms with Crippen LogP contribution in [0.5, 0.6) is 11.5 Å². The molecule has 0 saturated heterocycles. The number of benzene rings is 8. The first kappa shape index (κ1) is 94.7. The summed E-state index contributed by atoms with van der Waals surface area (Å²) in [6, 6.07) is 76.2. The Hall–Kier alpha value is -15.6. The molecule has 21 nitrogen and oxygen atoms in total. The Morgan fingerprint density at radius 2 is 0.714 bits per heavy atom. The zero-order valence-corrected chi connectivity index (χ0v) is 78.5. The minimum Gasteiger partial charge on any atom is -0.494 e. The van der Waals surface area contributed by atoms with Crippen molar-refractivity contribution in [3.63, 3.8) is 0 Å². The standard InChI is InChI=1S/C30H26ClFN4O.C28H20ClFN4.C27H18ClFN4O2.C25H16ClFN4O2S/c1-36(2)13-4-14-37-24-9-6-20(7-10-24)21-15-22(19-33-18-21)26-17-29(27-16-23(31)8-11-28(27)32)35-30-25(26)5-3-12-34-30;29-22-5-6-26(30)25(12-22)27-13-24(23-2-1-8-33-28(23)34-27)21-11-20(15-32-16-21)18-4-3-17-7-9-31-14-19(17)10-18;28-19-5-8-24(29)23(11-19)25-12-22(21-2-1-9-32-27(21)33-25)18-10-17(13-31-14-18)16-3-6-20(7-4-16)35-15-26(30)34;26-18-6-7-23(27)22(11-18)24-12-21(20-5-2-8-30-25(20)31-24)17-9-16(13-29-14-17)15-3-1-4-19(10-15)34(28,32)33/h3,5-12,15-19H,4,13-14H2,1-2H3;1-6,8,10-13,15-16,31H,7,9,14H2;1-14H,15H2,(H2,30,34);1-14H,(H2,28,32,33). The van der Waals surface area contributed by atoms with Gasteiger partial charge in [0, 0.05) is 196 Å². The van der Waals surface area contributed by atoms with E-state index in [0.29, 0.717) is 106 Å². The molecule has 0 unspecified atom stereocenters. The first-order valence-corrected chi connectivity index (χ1v) is 47.0. The van der Waals surface area contributed by atoms with Crippen molar-refractivity contribution in [2.24, 2.45) is 10.9 Å². The molecule has 0 atom stereocenters. The van der Waals surface area contributed by atoms with E-state index in [-0.39, 0.29) is 22.9 Å². The average molecular weight is 1960 g/mol. The van der Waals surface area contributed by atoms with Gasteiger partial charge < -0.3 is 25.4 Å². The lowest BCUT2D eigenvalue weighted by atomic mass is 9.94. The van der Waals surface area contributed by atoms with Gasteiger partial charge in [0.05, 0.1) is 34.3 Å². The summed E-state index contributed by atoms with van der Waals surface area (Å²) >= 11 is 24.5. The second-order valence-corrected chi connectivity index (χ2v) is 36.2. The molecule has 0 spiro atoms. The Morgan fingerprint density at radius 3 is 1.07 bits per heavy atom. The van der Waals surface area contributed by atoms with Crippen LogP contribution >= 0.6 is 46.4 Å². The number of primary sulfonamides is 1. The summed E-state index contributed by atoms with van der Waals surface area (Å²) in [7, 11) is 0.257. The minimum atomic E-state index is -3.85. The third-order valence-corrected chi connectivity index (χ3v) is 24.9. The number of primary amides is 1. The van der Waals surface area contributed by atoms with E-state index in [0.717, 1.165) is 138 Å². The van der Waals surface area contributed by atoms with Crippen molar-refractivity contribution in [3.8, 4) is 146 Å². The molecular weight excluding hydrogens is 1880 g/mol. The largest absolute Gasteiger partial charge is 0.494 e. The van der Waals surface area contributed by atoms with Gasteiger partial charge in [0.15, 0.2) is 29.2 Å². The lowest BCUT2D eigenvalue weighted by molar-refractivity contribution is -0.119. The molecule has 20 aromatic rings. The highest BCUT2D eigenvalue weighted by molar-refractivity contribution is 7.89. The van der Waals surface area contributed by atoms with Crippen molar-refractivity contribution in [3.05, 3.63) is 390 Å². The Balaban J connectivity index is 0.000000124. The van der Waals surface area contributed by atoms with Crippen molar-refractivity contribution in [2.45, 2.75) is 24.3 Å². The molecule has 1 amide bonds. The summed E-state index contributed by atoms with van der Waals surface area (Å²) in [5, 5.41) is 13.7. The smallest absolute Gasteiger partial charge is 0.255 e. The molecule has 1 aliphatic rings. The van der Waals surface area contributed by atoms with Crippen LogP contribution in [0.3, 0.4) is 0 Å². The summed E-state index contributed by atoms with van der Waals surface area (Å²) in [5.74, 6) is -0.815. The second kappa shape index (κ2) is 42.6. The highest BCUT2D eigenvalue weighted by atomic mass is 35.5. The summed E-state index contributed by atoms with van der Waals surface area (Å²) in [4.78, 5) is 66.9. The quantitative estimate of drug-likeness (QED) is 0.0445. The molecule has 692 valence electrons. The third kappa shape index (κ3) is 22.3. The maximum atomic E-state index is 14.7. The summed E-state index contributed by atoms with van der Waals surface area (Å²) in [5.41, 5.74) is 26.7. The number of carbonyl (C=O) groups excluding carboxylic acids is 1. The third-order valence-electron chi connectivity index (χ3n) is 23.0. The van der Waals surface area contributed by atoms with Crippen molar-refractivity contribution in [1.29, 1.82) is 0 Å². The highest BCUT2D eigenvalue weighted by Gasteiger charge is 2.23. The predicted octanol–water partition coefficient (Wildman–Crippen LogP) is 24.8. The van der Waals surface area contributed by atoms with Gasteiger partial charge in [0.2, 0.25) is 10.0 Å². The molecule has 12 aromatic heterocycles. The first-order chi connectivity index (χ1) is 67.9.